The second kappa shape index (κ2) is 6.83. The van der Waals surface area contributed by atoms with Gasteiger partial charge in [0.2, 0.25) is 0 Å². The molecule has 3 nitrogen and oxygen atoms in total. The van der Waals surface area contributed by atoms with Crippen LogP contribution in [0.4, 0.5) is 0 Å². The molecule has 18 heavy (non-hydrogen) atoms. The molecule has 0 amide bonds. The van der Waals surface area contributed by atoms with Gasteiger partial charge in [-0.25, -0.2) is 9.97 Å². The predicted molar refractivity (Wildman–Crippen MR) is 74.2 cm³/mol. The Morgan fingerprint density at radius 3 is 2.72 bits per heavy atom. The van der Waals surface area contributed by atoms with Crippen LogP contribution in [0.15, 0.2) is 18.7 Å². The zero-order chi connectivity index (χ0) is 12.8. The monoisotopic (exact) mass is 247 g/mol. The lowest BCUT2D eigenvalue weighted by atomic mass is 9.75. The van der Waals surface area contributed by atoms with Crippen molar-refractivity contribution in [3.05, 3.63) is 24.3 Å². The van der Waals surface area contributed by atoms with Gasteiger partial charge in [0.25, 0.3) is 0 Å². The fourth-order valence-corrected chi connectivity index (χ4v) is 3.25. The maximum Gasteiger partial charge on any atom is 0.115 e. The molecule has 0 bridgehead atoms. The zero-order valence-corrected chi connectivity index (χ0v) is 11.6. The SMILES string of the molecule is CCNC(c1cncnc1)C1CCCC(CC)C1. The summed E-state index contributed by atoms with van der Waals surface area (Å²) in [6, 6.07) is 0.436. The van der Waals surface area contributed by atoms with Gasteiger partial charge in [-0.05, 0) is 31.2 Å². The van der Waals surface area contributed by atoms with Crippen LogP contribution in [-0.4, -0.2) is 16.5 Å². The quantitative estimate of drug-likeness (QED) is 0.867. The molecule has 100 valence electrons. The predicted octanol–water partition coefficient (Wildman–Crippen LogP) is 3.34. The van der Waals surface area contributed by atoms with Crippen molar-refractivity contribution in [2.45, 2.75) is 52.0 Å². The van der Waals surface area contributed by atoms with Crippen LogP contribution < -0.4 is 5.32 Å². The van der Waals surface area contributed by atoms with E-state index in [2.05, 4.69) is 29.1 Å². The lowest BCUT2D eigenvalue weighted by Gasteiger charge is -2.34. The molecular formula is C15H25N3. The Bertz CT molecular complexity index is 339. The van der Waals surface area contributed by atoms with Crippen LogP contribution in [0.5, 0.6) is 0 Å². The molecule has 2 rings (SSSR count). The van der Waals surface area contributed by atoms with Crippen LogP contribution in [0.25, 0.3) is 0 Å². The lowest BCUT2D eigenvalue weighted by molar-refractivity contribution is 0.210. The lowest BCUT2D eigenvalue weighted by Crippen LogP contribution is -2.31. The first-order chi connectivity index (χ1) is 8.85. The molecule has 0 saturated heterocycles. The number of aromatic nitrogens is 2. The molecule has 0 radical (unpaired) electrons. The molecule has 1 saturated carbocycles. The van der Waals surface area contributed by atoms with Gasteiger partial charge in [0, 0.05) is 24.0 Å². The first-order valence-electron chi connectivity index (χ1n) is 7.33. The Morgan fingerprint density at radius 1 is 1.28 bits per heavy atom. The molecule has 1 aromatic heterocycles. The van der Waals surface area contributed by atoms with Crippen molar-refractivity contribution in [1.82, 2.24) is 15.3 Å². The Morgan fingerprint density at radius 2 is 2.06 bits per heavy atom. The first-order valence-corrected chi connectivity index (χ1v) is 7.33. The van der Waals surface area contributed by atoms with Gasteiger partial charge in [0.15, 0.2) is 0 Å². The highest BCUT2D eigenvalue weighted by molar-refractivity contribution is 5.11. The second-order valence-electron chi connectivity index (χ2n) is 5.41. The van der Waals surface area contributed by atoms with E-state index in [0.717, 1.165) is 18.4 Å². The van der Waals surface area contributed by atoms with E-state index in [1.807, 2.05) is 12.4 Å². The molecule has 0 aliphatic heterocycles. The largest absolute Gasteiger partial charge is 0.310 e. The molecule has 3 unspecified atom stereocenters. The van der Waals surface area contributed by atoms with Crippen molar-refractivity contribution >= 4 is 0 Å². The summed E-state index contributed by atoms with van der Waals surface area (Å²) in [5.41, 5.74) is 1.25. The summed E-state index contributed by atoms with van der Waals surface area (Å²) < 4.78 is 0. The van der Waals surface area contributed by atoms with Crippen molar-refractivity contribution in [3.63, 3.8) is 0 Å². The van der Waals surface area contributed by atoms with E-state index < -0.39 is 0 Å². The van der Waals surface area contributed by atoms with Crippen LogP contribution >= 0.6 is 0 Å². The Kier molecular flexibility index (Phi) is 5.12. The number of nitrogens with one attached hydrogen (secondary N) is 1. The third-order valence-corrected chi connectivity index (χ3v) is 4.24. The van der Waals surface area contributed by atoms with Gasteiger partial charge in [0.05, 0.1) is 0 Å². The van der Waals surface area contributed by atoms with E-state index in [9.17, 15) is 0 Å². The molecule has 3 heteroatoms. The number of hydrogen-bond donors (Lipinski definition) is 1. The molecule has 0 spiro atoms. The summed E-state index contributed by atoms with van der Waals surface area (Å²) >= 11 is 0. The summed E-state index contributed by atoms with van der Waals surface area (Å²) in [6.07, 6.45) is 12.3. The summed E-state index contributed by atoms with van der Waals surface area (Å²) in [5, 5.41) is 3.63. The van der Waals surface area contributed by atoms with Crippen molar-refractivity contribution in [3.8, 4) is 0 Å². The van der Waals surface area contributed by atoms with Gasteiger partial charge in [-0.2, -0.15) is 0 Å². The fourth-order valence-electron chi connectivity index (χ4n) is 3.25. The summed E-state index contributed by atoms with van der Waals surface area (Å²) in [6.45, 7) is 5.50. The molecule has 0 aromatic carbocycles. The Labute approximate surface area is 110 Å². The molecule has 1 heterocycles. The van der Waals surface area contributed by atoms with E-state index in [4.69, 9.17) is 0 Å². The first kappa shape index (κ1) is 13.5. The molecule has 1 aromatic rings. The van der Waals surface area contributed by atoms with Crippen LogP contribution in [0.2, 0.25) is 0 Å². The molecule has 1 aliphatic carbocycles. The third-order valence-electron chi connectivity index (χ3n) is 4.24. The van der Waals surface area contributed by atoms with E-state index in [1.54, 1.807) is 6.33 Å². The van der Waals surface area contributed by atoms with Gasteiger partial charge < -0.3 is 5.32 Å². The van der Waals surface area contributed by atoms with E-state index >= 15 is 0 Å². The van der Waals surface area contributed by atoms with Crippen molar-refractivity contribution in [1.29, 1.82) is 0 Å². The molecule has 1 fully saturated rings. The van der Waals surface area contributed by atoms with E-state index in [0.29, 0.717) is 6.04 Å². The highest BCUT2D eigenvalue weighted by Gasteiger charge is 2.28. The zero-order valence-electron chi connectivity index (χ0n) is 11.6. The maximum absolute atomic E-state index is 4.17. The van der Waals surface area contributed by atoms with Gasteiger partial charge >= 0.3 is 0 Å². The molecule has 1 aliphatic rings. The van der Waals surface area contributed by atoms with Gasteiger partial charge in [-0.1, -0.05) is 33.1 Å². The smallest absolute Gasteiger partial charge is 0.115 e. The standard InChI is InChI=1S/C15H25N3/c1-3-12-6-5-7-13(8-12)15(18-4-2)14-9-16-11-17-10-14/h9-13,15,18H,3-8H2,1-2H3. The van der Waals surface area contributed by atoms with E-state index in [1.165, 1.54) is 37.7 Å². The van der Waals surface area contributed by atoms with Crippen LogP contribution in [-0.2, 0) is 0 Å². The number of rotatable bonds is 5. The minimum Gasteiger partial charge on any atom is -0.310 e. The van der Waals surface area contributed by atoms with Gasteiger partial charge in [0.1, 0.15) is 6.33 Å². The number of nitrogens with zero attached hydrogens (tertiary/aromatic N) is 2. The second-order valence-corrected chi connectivity index (χ2v) is 5.41. The average Bonchev–Trinajstić information content (AvgIpc) is 2.46. The molecular weight excluding hydrogens is 222 g/mol. The Hall–Kier alpha value is -0.960. The Balaban J connectivity index is 2.09. The minimum absolute atomic E-state index is 0.436. The molecule has 3 atom stereocenters. The van der Waals surface area contributed by atoms with Crippen molar-refractivity contribution < 1.29 is 0 Å². The van der Waals surface area contributed by atoms with Crippen LogP contribution in [0.1, 0.15) is 57.6 Å². The summed E-state index contributed by atoms with van der Waals surface area (Å²) in [5.74, 6) is 1.66. The van der Waals surface area contributed by atoms with E-state index in [-0.39, 0.29) is 0 Å². The highest BCUT2D eigenvalue weighted by atomic mass is 14.9. The normalized spacial score (nSPS) is 25.9. The van der Waals surface area contributed by atoms with Crippen LogP contribution in [0.3, 0.4) is 0 Å². The topological polar surface area (TPSA) is 37.8 Å². The summed E-state index contributed by atoms with van der Waals surface area (Å²) in [7, 11) is 0. The fraction of sp³-hybridized carbons (Fsp3) is 0.733. The van der Waals surface area contributed by atoms with Gasteiger partial charge in [-0.3, -0.25) is 0 Å². The van der Waals surface area contributed by atoms with Gasteiger partial charge in [-0.15, -0.1) is 0 Å². The highest BCUT2D eigenvalue weighted by Crippen LogP contribution is 2.38. The maximum atomic E-state index is 4.17. The third kappa shape index (κ3) is 3.29. The minimum atomic E-state index is 0.436. The number of hydrogen-bond acceptors (Lipinski definition) is 3. The average molecular weight is 247 g/mol. The summed E-state index contributed by atoms with van der Waals surface area (Å²) in [4.78, 5) is 8.34. The van der Waals surface area contributed by atoms with Crippen LogP contribution in [0, 0.1) is 11.8 Å². The van der Waals surface area contributed by atoms with Crippen molar-refractivity contribution in [2.24, 2.45) is 11.8 Å². The molecule has 1 N–H and O–H groups in total. The van der Waals surface area contributed by atoms with Crippen molar-refractivity contribution in [2.75, 3.05) is 6.54 Å².